The molecule has 15 heteroatoms. The molecule has 3 amide bonds. The van der Waals surface area contributed by atoms with Gasteiger partial charge >= 0.3 is 12.2 Å². The van der Waals surface area contributed by atoms with Gasteiger partial charge in [-0.15, -0.1) is 5.10 Å². The third kappa shape index (κ3) is 14.7. The van der Waals surface area contributed by atoms with Crippen LogP contribution in [0.3, 0.4) is 0 Å². The predicted octanol–water partition coefficient (Wildman–Crippen LogP) is 3.71. The number of benzene rings is 1. The van der Waals surface area contributed by atoms with Crippen LogP contribution in [0.2, 0.25) is 19.6 Å². The minimum Gasteiger partial charge on any atom is -0.448 e. The van der Waals surface area contributed by atoms with Gasteiger partial charge in [0.05, 0.1) is 19.8 Å². The maximum absolute atomic E-state index is 13.3. The summed E-state index contributed by atoms with van der Waals surface area (Å²) in [5, 5.41) is 20.1. The fourth-order valence-corrected chi connectivity index (χ4v) is 4.45. The third-order valence-corrected chi connectivity index (χ3v) is 6.94. The summed E-state index contributed by atoms with van der Waals surface area (Å²) in [4.78, 5) is 37.9. The number of hydrogen-bond acceptors (Lipinski definition) is 10. The molecule has 14 nitrogen and oxygen atoms in total. The molecule has 1 heterocycles. The molecule has 0 spiro atoms. The van der Waals surface area contributed by atoms with Gasteiger partial charge in [-0.25, -0.2) is 14.3 Å². The summed E-state index contributed by atoms with van der Waals surface area (Å²) >= 11 is 0. The van der Waals surface area contributed by atoms with Crippen LogP contribution in [-0.4, -0.2) is 84.1 Å². The van der Waals surface area contributed by atoms with Gasteiger partial charge in [0.15, 0.2) is 14.1 Å². The molecule has 0 fully saturated rings. The van der Waals surface area contributed by atoms with E-state index in [2.05, 4.69) is 51.1 Å². The smallest absolute Gasteiger partial charge is 0.408 e. The van der Waals surface area contributed by atoms with Crippen molar-refractivity contribution >= 4 is 26.4 Å². The lowest BCUT2D eigenvalue weighted by atomic mass is 10.0. The van der Waals surface area contributed by atoms with Gasteiger partial charge in [-0.05, 0) is 83.1 Å². The van der Waals surface area contributed by atoms with Gasteiger partial charge in [-0.2, -0.15) is 0 Å². The van der Waals surface area contributed by atoms with Gasteiger partial charge in [-0.1, -0.05) is 30.3 Å². The van der Waals surface area contributed by atoms with Crippen LogP contribution in [0.4, 0.5) is 9.59 Å². The molecule has 0 aliphatic rings. The Labute approximate surface area is 261 Å². The molecule has 0 aliphatic carbocycles. The average Bonchev–Trinajstić information content (AvgIpc) is 3.37. The second-order valence-corrected chi connectivity index (χ2v) is 17.3. The standard InChI is InChI=1S/C29H49N7O7Si/c1-28(2,3)43-27(39)32-29(4,5)25(37)31-23(21-40-20-22-14-10-9-11-15-22)24-33-34-35-36(24)17-19-41-26(38)30-16-12-13-18-42-44(6,7)8/h9-11,14-15,23H,12-13,16-21H2,1-8H3,(H,30,38)(H,31,37)(H,32,39)/t23-/m1/s1. The molecule has 2 aromatic rings. The number of rotatable bonds is 17. The van der Waals surface area contributed by atoms with Crippen molar-refractivity contribution < 1.29 is 33.0 Å². The predicted molar refractivity (Wildman–Crippen MR) is 166 cm³/mol. The van der Waals surface area contributed by atoms with Gasteiger partial charge < -0.3 is 34.6 Å². The molecule has 0 saturated carbocycles. The first kappa shape index (κ1) is 36.6. The first-order chi connectivity index (χ1) is 20.6. The van der Waals surface area contributed by atoms with Crippen LogP contribution >= 0.6 is 0 Å². The van der Waals surface area contributed by atoms with E-state index in [-0.39, 0.29) is 19.8 Å². The fraction of sp³-hybridized carbons (Fsp3) is 0.655. The highest BCUT2D eigenvalue weighted by Crippen LogP contribution is 2.15. The highest BCUT2D eigenvalue weighted by Gasteiger charge is 2.34. The zero-order chi connectivity index (χ0) is 32.8. The number of tetrazole rings is 1. The highest BCUT2D eigenvalue weighted by atomic mass is 28.4. The average molecular weight is 636 g/mol. The summed E-state index contributed by atoms with van der Waals surface area (Å²) in [5.74, 6) is -0.206. The zero-order valence-electron chi connectivity index (χ0n) is 27.3. The summed E-state index contributed by atoms with van der Waals surface area (Å²) < 4.78 is 23.8. The van der Waals surface area contributed by atoms with Crippen LogP contribution in [0, 0.1) is 0 Å². The first-order valence-electron chi connectivity index (χ1n) is 14.8. The largest absolute Gasteiger partial charge is 0.448 e. The lowest BCUT2D eigenvalue weighted by molar-refractivity contribution is -0.127. The van der Waals surface area contributed by atoms with E-state index in [1.54, 1.807) is 34.6 Å². The number of hydrogen-bond donors (Lipinski definition) is 3. The van der Waals surface area contributed by atoms with Crippen molar-refractivity contribution in [2.24, 2.45) is 0 Å². The molecule has 0 unspecified atom stereocenters. The second kappa shape index (κ2) is 17.1. The van der Waals surface area contributed by atoms with Crippen molar-refractivity contribution in [3.05, 3.63) is 41.7 Å². The number of nitrogens with zero attached hydrogens (tertiary/aromatic N) is 4. The van der Waals surface area contributed by atoms with E-state index in [9.17, 15) is 14.4 Å². The van der Waals surface area contributed by atoms with E-state index in [0.717, 1.165) is 18.4 Å². The summed E-state index contributed by atoms with van der Waals surface area (Å²) in [6.45, 7) is 16.4. The van der Waals surface area contributed by atoms with Crippen molar-refractivity contribution in [3.63, 3.8) is 0 Å². The molecule has 1 atom stereocenters. The molecule has 0 aliphatic heterocycles. The van der Waals surface area contributed by atoms with Crippen molar-refractivity contribution in [1.82, 2.24) is 36.2 Å². The lowest BCUT2D eigenvalue weighted by Crippen LogP contribution is -2.56. The van der Waals surface area contributed by atoms with Crippen LogP contribution < -0.4 is 16.0 Å². The third-order valence-electron chi connectivity index (χ3n) is 5.87. The Kier molecular flexibility index (Phi) is 14.2. The normalized spacial score (nSPS) is 12.7. The van der Waals surface area contributed by atoms with Crippen LogP contribution in [0.15, 0.2) is 30.3 Å². The number of alkyl carbamates (subject to hydrolysis) is 2. The summed E-state index contributed by atoms with van der Waals surface area (Å²) in [7, 11) is -1.54. The Balaban J connectivity index is 1.98. The van der Waals surface area contributed by atoms with Crippen molar-refractivity contribution in [1.29, 1.82) is 0 Å². The minimum absolute atomic E-state index is 0.000159. The fourth-order valence-electron chi connectivity index (χ4n) is 3.70. The SMILES string of the molecule is CC(C)(C)OC(=O)NC(C)(C)C(=O)N[C@H](COCc1ccccc1)c1nnnn1CCOC(=O)NCCCCO[Si](C)(C)C. The van der Waals surface area contributed by atoms with Gasteiger partial charge in [0.25, 0.3) is 0 Å². The number of carbonyl (C=O) groups is 3. The molecule has 2 rings (SSSR count). The Bertz CT molecular complexity index is 1180. The number of ether oxygens (including phenoxy) is 3. The molecule has 0 saturated heterocycles. The molecule has 44 heavy (non-hydrogen) atoms. The molecular formula is C29H49N7O7Si. The number of aromatic nitrogens is 4. The zero-order valence-corrected chi connectivity index (χ0v) is 28.3. The quantitative estimate of drug-likeness (QED) is 0.172. The lowest BCUT2D eigenvalue weighted by Gasteiger charge is -2.29. The number of nitrogens with one attached hydrogen (secondary N) is 3. The summed E-state index contributed by atoms with van der Waals surface area (Å²) in [6.07, 6.45) is 0.355. The topological polar surface area (TPSA) is 168 Å². The Morgan fingerprint density at radius 1 is 0.977 bits per heavy atom. The van der Waals surface area contributed by atoms with Crippen LogP contribution in [0.5, 0.6) is 0 Å². The van der Waals surface area contributed by atoms with E-state index in [4.69, 9.17) is 18.6 Å². The summed E-state index contributed by atoms with van der Waals surface area (Å²) in [5.41, 5.74) is -1.11. The first-order valence-corrected chi connectivity index (χ1v) is 18.2. The van der Waals surface area contributed by atoms with E-state index in [0.29, 0.717) is 25.6 Å². The Hall–Kier alpha value is -3.56. The highest BCUT2D eigenvalue weighted by molar-refractivity contribution is 6.69. The van der Waals surface area contributed by atoms with Crippen molar-refractivity contribution in [3.8, 4) is 0 Å². The number of unbranched alkanes of at least 4 members (excludes halogenated alkanes) is 1. The van der Waals surface area contributed by atoms with E-state index < -0.39 is 43.6 Å². The molecule has 0 bridgehead atoms. The van der Waals surface area contributed by atoms with Gasteiger partial charge in [-0.3, -0.25) is 4.79 Å². The minimum atomic E-state index is -1.54. The van der Waals surface area contributed by atoms with Crippen LogP contribution in [0.25, 0.3) is 0 Å². The van der Waals surface area contributed by atoms with Crippen molar-refractivity contribution in [2.45, 2.75) is 97.4 Å². The number of carbonyl (C=O) groups excluding carboxylic acids is 3. The molecule has 1 aromatic carbocycles. The van der Waals surface area contributed by atoms with E-state index in [1.165, 1.54) is 4.68 Å². The maximum atomic E-state index is 13.3. The number of amides is 3. The van der Waals surface area contributed by atoms with Gasteiger partial charge in [0, 0.05) is 13.2 Å². The van der Waals surface area contributed by atoms with Gasteiger partial charge in [0.1, 0.15) is 23.8 Å². The monoisotopic (exact) mass is 635 g/mol. The summed E-state index contributed by atoms with van der Waals surface area (Å²) in [6, 6.07) is 8.79. The maximum Gasteiger partial charge on any atom is 0.408 e. The van der Waals surface area contributed by atoms with E-state index >= 15 is 0 Å². The molecule has 3 N–H and O–H groups in total. The van der Waals surface area contributed by atoms with Crippen LogP contribution in [0.1, 0.15) is 64.9 Å². The van der Waals surface area contributed by atoms with Gasteiger partial charge in [0.2, 0.25) is 5.91 Å². The van der Waals surface area contributed by atoms with Crippen LogP contribution in [-0.2, 0) is 36.6 Å². The molecular weight excluding hydrogens is 586 g/mol. The van der Waals surface area contributed by atoms with E-state index in [1.807, 2.05) is 30.3 Å². The Morgan fingerprint density at radius 2 is 1.68 bits per heavy atom. The molecule has 1 aromatic heterocycles. The Morgan fingerprint density at radius 3 is 2.34 bits per heavy atom. The van der Waals surface area contributed by atoms with Crippen molar-refractivity contribution in [2.75, 3.05) is 26.4 Å². The molecule has 246 valence electrons. The second-order valence-electron chi connectivity index (χ2n) is 12.8. The molecule has 0 radical (unpaired) electrons.